The van der Waals surface area contributed by atoms with Gasteiger partial charge in [0.15, 0.2) is 5.78 Å². The van der Waals surface area contributed by atoms with Crippen molar-refractivity contribution in [1.82, 2.24) is 14.7 Å². The summed E-state index contributed by atoms with van der Waals surface area (Å²) >= 11 is 6.04. The maximum absolute atomic E-state index is 12.8. The SMILES string of the molecule is CCCn1ncc(CN2CCC[C@@H](C(=O)c3cccc(Cl)c3)C2)c1C. The molecule has 0 radical (unpaired) electrons. The fourth-order valence-electron chi connectivity index (χ4n) is 3.61. The van der Waals surface area contributed by atoms with Crippen molar-refractivity contribution in [1.29, 1.82) is 0 Å². The molecule has 2 aromatic rings. The number of hydrogen-bond donors (Lipinski definition) is 0. The van der Waals surface area contributed by atoms with Crippen LogP contribution in [0, 0.1) is 12.8 Å². The van der Waals surface area contributed by atoms with Crippen molar-refractivity contribution >= 4 is 17.4 Å². The van der Waals surface area contributed by atoms with E-state index in [4.69, 9.17) is 11.6 Å². The van der Waals surface area contributed by atoms with Gasteiger partial charge in [-0.2, -0.15) is 5.10 Å². The maximum Gasteiger partial charge on any atom is 0.167 e. The normalized spacial score (nSPS) is 18.4. The molecule has 1 aliphatic heterocycles. The van der Waals surface area contributed by atoms with Crippen LogP contribution in [0.4, 0.5) is 0 Å². The molecule has 5 heteroatoms. The quantitative estimate of drug-likeness (QED) is 0.719. The summed E-state index contributed by atoms with van der Waals surface area (Å²) in [5.74, 6) is 0.267. The van der Waals surface area contributed by atoms with Crippen LogP contribution in [0.2, 0.25) is 5.02 Å². The third-order valence-electron chi connectivity index (χ3n) is 5.02. The number of piperidine rings is 1. The van der Waals surface area contributed by atoms with Gasteiger partial charge in [0.25, 0.3) is 0 Å². The van der Waals surface area contributed by atoms with E-state index in [0.717, 1.165) is 51.0 Å². The van der Waals surface area contributed by atoms with Crippen LogP contribution in [0.5, 0.6) is 0 Å². The molecule has 0 unspecified atom stereocenters. The lowest BCUT2D eigenvalue weighted by Crippen LogP contribution is -2.38. The Morgan fingerprint density at radius 3 is 3.00 bits per heavy atom. The average Bonchev–Trinajstić information content (AvgIpc) is 2.95. The Balaban J connectivity index is 1.66. The van der Waals surface area contributed by atoms with Crippen molar-refractivity contribution in [3.63, 3.8) is 0 Å². The van der Waals surface area contributed by atoms with Gasteiger partial charge in [0, 0.05) is 47.4 Å². The van der Waals surface area contributed by atoms with Crippen LogP contribution in [0.3, 0.4) is 0 Å². The van der Waals surface area contributed by atoms with Crippen molar-refractivity contribution in [2.45, 2.75) is 46.2 Å². The van der Waals surface area contributed by atoms with E-state index in [2.05, 4.69) is 28.5 Å². The number of aryl methyl sites for hydroxylation is 1. The molecule has 0 aliphatic carbocycles. The summed E-state index contributed by atoms with van der Waals surface area (Å²) in [5.41, 5.74) is 3.24. The molecular weight excluding hydrogens is 334 g/mol. The third kappa shape index (κ3) is 4.31. The molecule has 0 N–H and O–H groups in total. The summed E-state index contributed by atoms with van der Waals surface area (Å²) in [6.45, 7) is 7.98. The molecule has 1 aromatic heterocycles. The Labute approximate surface area is 154 Å². The lowest BCUT2D eigenvalue weighted by atomic mass is 9.90. The molecule has 134 valence electrons. The van der Waals surface area contributed by atoms with Crippen LogP contribution >= 0.6 is 11.6 Å². The number of nitrogens with zero attached hydrogens (tertiary/aromatic N) is 3. The van der Waals surface area contributed by atoms with Crippen molar-refractivity contribution < 1.29 is 4.79 Å². The molecule has 4 nitrogen and oxygen atoms in total. The highest BCUT2D eigenvalue weighted by molar-refractivity contribution is 6.31. The first-order valence-electron chi connectivity index (χ1n) is 9.12. The number of ketones is 1. The molecule has 25 heavy (non-hydrogen) atoms. The Bertz CT molecular complexity index is 740. The number of benzene rings is 1. The third-order valence-corrected chi connectivity index (χ3v) is 5.25. The number of halogens is 1. The first kappa shape index (κ1) is 18.2. The molecule has 1 atom stereocenters. The van der Waals surface area contributed by atoms with Crippen LogP contribution in [0.15, 0.2) is 30.5 Å². The molecular formula is C20H26ClN3O. The van der Waals surface area contributed by atoms with Gasteiger partial charge in [-0.15, -0.1) is 0 Å². The van der Waals surface area contributed by atoms with Gasteiger partial charge in [0.2, 0.25) is 0 Å². The van der Waals surface area contributed by atoms with Gasteiger partial charge in [0.05, 0.1) is 6.20 Å². The Kier molecular flexibility index (Phi) is 5.92. The van der Waals surface area contributed by atoms with Gasteiger partial charge in [-0.1, -0.05) is 30.7 Å². The van der Waals surface area contributed by atoms with E-state index in [9.17, 15) is 4.79 Å². The molecule has 0 bridgehead atoms. The first-order valence-corrected chi connectivity index (χ1v) is 9.49. The van der Waals surface area contributed by atoms with Crippen LogP contribution in [0.25, 0.3) is 0 Å². The lowest BCUT2D eigenvalue weighted by Gasteiger charge is -2.32. The summed E-state index contributed by atoms with van der Waals surface area (Å²) in [6, 6.07) is 7.30. The Morgan fingerprint density at radius 1 is 1.40 bits per heavy atom. The molecule has 0 spiro atoms. The minimum absolute atomic E-state index is 0.0539. The van der Waals surface area contributed by atoms with Crippen molar-refractivity contribution in [2.75, 3.05) is 13.1 Å². The van der Waals surface area contributed by atoms with Gasteiger partial charge < -0.3 is 0 Å². The molecule has 1 fully saturated rings. The Hall–Kier alpha value is -1.65. The van der Waals surface area contributed by atoms with E-state index in [1.54, 1.807) is 6.07 Å². The number of Topliss-reactive ketones (excluding diaryl/α,β-unsaturated/α-hetero) is 1. The van der Waals surface area contributed by atoms with E-state index in [1.165, 1.54) is 11.3 Å². The second-order valence-corrected chi connectivity index (χ2v) is 7.36. The maximum atomic E-state index is 12.8. The predicted octanol–water partition coefficient (Wildman–Crippen LogP) is 4.35. The number of carbonyl (C=O) groups is 1. The summed E-state index contributed by atoms with van der Waals surface area (Å²) in [6.07, 6.45) is 5.07. The van der Waals surface area contributed by atoms with Crippen molar-refractivity contribution in [3.8, 4) is 0 Å². The monoisotopic (exact) mass is 359 g/mol. The molecule has 1 aliphatic rings. The van der Waals surface area contributed by atoms with E-state index < -0.39 is 0 Å². The highest BCUT2D eigenvalue weighted by atomic mass is 35.5. The molecule has 0 amide bonds. The smallest absolute Gasteiger partial charge is 0.167 e. The fraction of sp³-hybridized carbons (Fsp3) is 0.500. The fourth-order valence-corrected chi connectivity index (χ4v) is 3.80. The molecule has 1 saturated heterocycles. The summed E-state index contributed by atoms with van der Waals surface area (Å²) < 4.78 is 2.08. The van der Waals surface area contributed by atoms with E-state index in [-0.39, 0.29) is 11.7 Å². The number of aromatic nitrogens is 2. The van der Waals surface area contributed by atoms with Gasteiger partial charge in [-0.05, 0) is 44.9 Å². The second-order valence-electron chi connectivity index (χ2n) is 6.93. The minimum atomic E-state index is 0.0539. The van der Waals surface area contributed by atoms with Crippen LogP contribution < -0.4 is 0 Å². The summed E-state index contributed by atoms with van der Waals surface area (Å²) in [5, 5.41) is 5.11. The molecule has 0 saturated carbocycles. The number of rotatable bonds is 6. The van der Waals surface area contributed by atoms with E-state index in [1.807, 2.05) is 24.4 Å². The van der Waals surface area contributed by atoms with Crippen LogP contribution in [-0.4, -0.2) is 33.6 Å². The summed E-state index contributed by atoms with van der Waals surface area (Å²) in [7, 11) is 0. The van der Waals surface area contributed by atoms with Gasteiger partial charge in [0.1, 0.15) is 0 Å². The lowest BCUT2D eigenvalue weighted by molar-refractivity contribution is 0.0811. The van der Waals surface area contributed by atoms with Crippen LogP contribution in [-0.2, 0) is 13.1 Å². The molecule has 3 rings (SSSR count). The minimum Gasteiger partial charge on any atom is -0.298 e. The first-order chi connectivity index (χ1) is 12.1. The Morgan fingerprint density at radius 2 is 2.24 bits per heavy atom. The van der Waals surface area contributed by atoms with Crippen molar-refractivity contribution in [3.05, 3.63) is 52.3 Å². The summed E-state index contributed by atoms with van der Waals surface area (Å²) in [4.78, 5) is 15.2. The van der Waals surface area contributed by atoms with Gasteiger partial charge in [-0.3, -0.25) is 14.4 Å². The predicted molar refractivity (Wildman–Crippen MR) is 101 cm³/mol. The zero-order valence-corrected chi connectivity index (χ0v) is 15.8. The number of hydrogen-bond acceptors (Lipinski definition) is 3. The number of likely N-dealkylation sites (tertiary alicyclic amines) is 1. The average molecular weight is 360 g/mol. The zero-order valence-electron chi connectivity index (χ0n) is 15.0. The second kappa shape index (κ2) is 8.15. The number of carbonyl (C=O) groups excluding carboxylic acids is 1. The van der Waals surface area contributed by atoms with E-state index in [0.29, 0.717) is 5.02 Å². The standard InChI is InChI=1S/C20H26ClN3O/c1-3-9-24-15(2)18(12-22-24)14-23-10-5-7-17(13-23)20(25)16-6-4-8-19(21)11-16/h4,6,8,11-12,17H,3,5,7,9-10,13-14H2,1-2H3/t17-/m1/s1. The topological polar surface area (TPSA) is 38.1 Å². The van der Waals surface area contributed by atoms with Gasteiger partial charge >= 0.3 is 0 Å². The molecule has 2 heterocycles. The van der Waals surface area contributed by atoms with Crippen LogP contribution in [0.1, 0.15) is 47.8 Å². The largest absolute Gasteiger partial charge is 0.298 e. The highest BCUT2D eigenvalue weighted by Gasteiger charge is 2.27. The van der Waals surface area contributed by atoms with Gasteiger partial charge in [-0.25, -0.2) is 0 Å². The highest BCUT2D eigenvalue weighted by Crippen LogP contribution is 2.24. The van der Waals surface area contributed by atoms with Crippen molar-refractivity contribution in [2.24, 2.45) is 5.92 Å². The zero-order chi connectivity index (χ0) is 17.8. The molecule has 1 aromatic carbocycles. The van der Waals surface area contributed by atoms with E-state index >= 15 is 0 Å².